The second kappa shape index (κ2) is 4.80. The van der Waals surface area contributed by atoms with Gasteiger partial charge in [0.15, 0.2) is 0 Å². The van der Waals surface area contributed by atoms with Crippen molar-refractivity contribution in [1.82, 2.24) is 9.97 Å². The minimum Gasteiger partial charge on any atom is -0.343 e. The number of H-pyrrole nitrogens is 1. The van der Waals surface area contributed by atoms with Gasteiger partial charge in [0, 0.05) is 17.7 Å². The van der Waals surface area contributed by atoms with E-state index >= 15 is 0 Å². The maximum absolute atomic E-state index is 5.19. The number of benzene rings is 1. The second-order valence-corrected chi connectivity index (χ2v) is 4.67. The van der Waals surface area contributed by atoms with E-state index in [2.05, 4.69) is 48.9 Å². The van der Waals surface area contributed by atoms with Crippen LogP contribution in [0.2, 0.25) is 0 Å². The first-order chi connectivity index (χ1) is 8.10. The Bertz CT molecular complexity index is 599. The molecule has 2 aromatic rings. The summed E-state index contributed by atoms with van der Waals surface area (Å²) in [5.74, 6) is 0.937. The van der Waals surface area contributed by atoms with Crippen molar-refractivity contribution in [3.05, 3.63) is 45.9 Å². The summed E-state index contributed by atoms with van der Waals surface area (Å²) < 4.78 is 0.649. The SMILES string of the molecule is CCc1nc(=S)cc(-c2ccc(C)cc2C)[nH]1. The lowest BCUT2D eigenvalue weighted by atomic mass is 10.0. The third kappa shape index (κ3) is 2.61. The van der Waals surface area contributed by atoms with Crippen LogP contribution in [0.1, 0.15) is 23.9 Å². The molecular formula is C14H16N2S. The molecule has 0 aliphatic heterocycles. The van der Waals surface area contributed by atoms with Crippen LogP contribution in [0.3, 0.4) is 0 Å². The molecule has 0 unspecified atom stereocenters. The van der Waals surface area contributed by atoms with Gasteiger partial charge in [0.25, 0.3) is 0 Å². The van der Waals surface area contributed by atoms with Crippen LogP contribution in [0.4, 0.5) is 0 Å². The molecule has 2 rings (SSSR count). The van der Waals surface area contributed by atoms with Gasteiger partial charge in [0.2, 0.25) is 0 Å². The van der Waals surface area contributed by atoms with Crippen molar-refractivity contribution in [2.24, 2.45) is 0 Å². The summed E-state index contributed by atoms with van der Waals surface area (Å²) in [5, 5.41) is 0. The monoisotopic (exact) mass is 244 g/mol. The van der Waals surface area contributed by atoms with E-state index < -0.39 is 0 Å². The smallest absolute Gasteiger partial charge is 0.130 e. The van der Waals surface area contributed by atoms with E-state index in [9.17, 15) is 0 Å². The average Bonchev–Trinajstić information content (AvgIpc) is 2.28. The van der Waals surface area contributed by atoms with Crippen LogP contribution < -0.4 is 0 Å². The Kier molecular flexibility index (Phi) is 3.38. The fourth-order valence-corrected chi connectivity index (χ4v) is 2.16. The number of aromatic amines is 1. The number of hydrogen-bond acceptors (Lipinski definition) is 2. The summed E-state index contributed by atoms with van der Waals surface area (Å²) in [7, 11) is 0. The minimum atomic E-state index is 0.649. The van der Waals surface area contributed by atoms with Gasteiger partial charge in [-0.15, -0.1) is 0 Å². The lowest BCUT2D eigenvalue weighted by molar-refractivity contribution is 0.936. The molecule has 1 aromatic carbocycles. The molecule has 0 spiro atoms. The third-order valence-electron chi connectivity index (χ3n) is 2.80. The molecule has 0 saturated heterocycles. The molecule has 2 nitrogen and oxygen atoms in total. The van der Waals surface area contributed by atoms with E-state index in [4.69, 9.17) is 12.2 Å². The number of hydrogen-bond donors (Lipinski definition) is 1. The highest BCUT2D eigenvalue weighted by molar-refractivity contribution is 7.71. The zero-order valence-corrected chi connectivity index (χ0v) is 11.2. The fourth-order valence-electron chi connectivity index (χ4n) is 1.94. The Morgan fingerprint density at radius 3 is 2.65 bits per heavy atom. The molecule has 1 heterocycles. The molecule has 88 valence electrons. The fraction of sp³-hybridized carbons (Fsp3) is 0.286. The van der Waals surface area contributed by atoms with E-state index in [1.54, 1.807) is 0 Å². The van der Waals surface area contributed by atoms with E-state index in [1.165, 1.54) is 16.7 Å². The first-order valence-corrected chi connectivity index (χ1v) is 6.19. The first-order valence-electron chi connectivity index (χ1n) is 5.78. The van der Waals surface area contributed by atoms with E-state index in [1.807, 2.05) is 6.07 Å². The van der Waals surface area contributed by atoms with Gasteiger partial charge in [-0.05, 0) is 25.5 Å². The van der Waals surface area contributed by atoms with E-state index in [-0.39, 0.29) is 0 Å². The Labute approximate surface area is 107 Å². The molecule has 0 radical (unpaired) electrons. The van der Waals surface area contributed by atoms with Crippen molar-refractivity contribution in [1.29, 1.82) is 0 Å². The predicted molar refractivity (Wildman–Crippen MR) is 73.7 cm³/mol. The Morgan fingerprint density at radius 1 is 1.24 bits per heavy atom. The molecule has 0 saturated carbocycles. The number of rotatable bonds is 2. The van der Waals surface area contributed by atoms with E-state index in [0.29, 0.717) is 4.64 Å². The van der Waals surface area contributed by atoms with Crippen LogP contribution in [0.15, 0.2) is 24.3 Å². The van der Waals surface area contributed by atoms with Crippen LogP contribution in [0.5, 0.6) is 0 Å². The van der Waals surface area contributed by atoms with E-state index in [0.717, 1.165) is 17.9 Å². The van der Waals surface area contributed by atoms with Crippen LogP contribution in [0.25, 0.3) is 11.3 Å². The standard InChI is InChI=1S/C14H16N2S/c1-4-13-15-12(8-14(17)16-13)11-6-5-9(2)7-10(11)3/h5-8H,4H2,1-3H3,(H,15,16,17). The highest BCUT2D eigenvalue weighted by Gasteiger charge is 2.04. The summed E-state index contributed by atoms with van der Waals surface area (Å²) in [6.07, 6.45) is 0.863. The zero-order valence-electron chi connectivity index (χ0n) is 10.4. The number of nitrogens with one attached hydrogen (secondary N) is 1. The minimum absolute atomic E-state index is 0.649. The summed E-state index contributed by atoms with van der Waals surface area (Å²) in [5.41, 5.74) is 4.77. The third-order valence-corrected chi connectivity index (χ3v) is 3.01. The molecule has 1 N–H and O–H groups in total. The van der Waals surface area contributed by atoms with Crippen LogP contribution in [-0.2, 0) is 6.42 Å². The Hall–Kier alpha value is -1.48. The topological polar surface area (TPSA) is 28.7 Å². The van der Waals surface area contributed by atoms with Crippen molar-refractivity contribution >= 4 is 12.2 Å². The summed E-state index contributed by atoms with van der Waals surface area (Å²) in [4.78, 5) is 7.62. The molecule has 17 heavy (non-hydrogen) atoms. The molecule has 0 aliphatic carbocycles. The van der Waals surface area contributed by atoms with Gasteiger partial charge in [0.05, 0.1) is 0 Å². The Balaban J connectivity index is 2.60. The molecule has 0 aliphatic rings. The number of aryl methyl sites for hydroxylation is 3. The van der Waals surface area contributed by atoms with Crippen molar-refractivity contribution in [2.75, 3.05) is 0 Å². The highest BCUT2D eigenvalue weighted by Crippen LogP contribution is 2.22. The van der Waals surface area contributed by atoms with Crippen molar-refractivity contribution in [3.8, 4) is 11.3 Å². The summed E-state index contributed by atoms with van der Waals surface area (Å²) >= 11 is 5.19. The molecule has 0 amide bonds. The van der Waals surface area contributed by atoms with Crippen LogP contribution >= 0.6 is 12.2 Å². The van der Waals surface area contributed by atoms with Gasteiger partial charge in [-0.3, -0.25) is 0 Å². The largest absolute Gasteiger partial charge is 0.343 e. The van der Waals surface area contributed by atoms with Gasteiger partial charge in [-0.25, -0.2) is 4.98 Å². The maximum atomic E-state index is 5.19. The van der Waals surface area contributed by atoms with Gasteiger partial charge >= 0.3 is 0 Å². The lowest BCUT2D eigenvalue weighted by Gasteiger charge is -2.08. The summed E-state index contributed by atoms with van der Waals surface area (Å²) in [6.45, 7) is 6.29. The first kappa shape index (κ1) is 12.0. The average molecular weight is 244 g/mol. The summed E-state index contributed by atoms with van der Waals surface area (Å²) in [6, 6.07) is 8.35. The van der Waals surface area contributed by atoms with Crippen molar-refractivity contribution in [3.63, 3.8) is 0 Å². The predicted octanol–water partition coefficient (Wildman–Crippen LogP) is 3.99. The van der Waals surface area contributed by atoms with Crippen molar-refractivity contribution in [2.45, 2.75) is 27.2 Å². The molecule has 3 heteroatoms. The second-order valence-electron chi connectivity index (χ2n) is 4.25. The molecule has 1 aromatic heterocycles. The lowest BCUT2D eigenvalue weighted by Crippen LogP contribution is -1.96. The molecular weight excluding hydrogens is 228 g/mol. The van der Waals surface area contributed by atoms with Crippen molar-refractivity contribution < 1.29 is 0 Å². The van der Waals surface area contributed by atoms with Crippen LogP contribution in [0, 0.1) is 18.5 Å². The molecule has 0 bridgehead atoms. The molecule has 0 fully saturated rings. The zero-order chi connectivity index (χ0) is 12.4. The van der Waals surface area contributed by atoms with Gasteiger partial charge in [-0.2, -0.15) is 0 Å². The van der Waals surface area contributed by atoms with Gasteiger partial charge in [-0.1, -0.05) is 42.9 Å². The Morgan fingerprint density at radius 2 is 2.00 bits per heavy atom. The van der Waals surface area contributed by atoms with Gasteiger partial charge < -0.3 is 4.98 Å². The highest BCUT2D eigenvalue weighted by atomic mass is 32.1. The number of aromatic nitrogens is 2. The number of nitrogens with zero attached hydrogens (tertiary/aromatic N) is 1. The van der Waals surface area contributed by atoms with Crippen LogP contribution in [-0.4, -0.2) is 9.97 Å². The normalized spacial score (nSPS) is 10.5. The van der Waals surface area contributed by atoms with Gasteiger partial charge in [0.1, 0.15) is 10.5 Å². The molecule has 0 atom stereocenters. The maximum Gasteiger partial charge on any atom is 0.130 e. The quantitative estimate of drug-likeness (QED) is 0.809.